The number of alkyl halides is 2. The third kappa shape index (κ3) is 2.90. The molecular formula is C17H19F2N5O. The SMILES string of the molecule is Cc1nc(N2CCC(N3CCC(F)(F)C3)C2=O)ccc1-c1cn[nH]c1. The molecule has 1 unspecified atom stereocenters. The van der Waals surface area contributed by atoms with Crippen molar-refractivity contribution in [3.8, 4) is 11.1 Å². The molecule has 25 heavy (non-hydrogen) atoms. The van der Waals surface area contributed by atoms with Crippen molar-refractivity contribution in [1.82, 2.24) is 20.1 Å². The molecule has 0 bridgehead atoms. The van der Waals surface area contributed by atoms with Gasteiger partial charge in [-0.3, -0.25) is 19.7 Å². The van der Waals surface area contributed by atoms with E-state index in [-0.39, 0.29) is 25.4 Å². The van der Waals surface area contributed by atoms with Gasteiger partial charge in [-0.2, -0.15) is 5.10 Å². The van der Waals surface area contributed by atoms with Crippen LogP contribution >= 0.6 is 0 Å². The zero-order valence-electron chi connectivity index (χ0n) is 13.9. The monoisotopic (exact) mass is 347 g/mol. The first kappa shape index (κ1) is 16.1. The molecule has 8 heteroatoms. The van der Waals surface area contributed by atoms with Gasteiger partial charge in [-0.15, -0.1) is 0 Å². The summed E-state index contributed by atoms with van der Waals surface area (Å²) in [5.41, 5.74) is 2.67. The lowest BCUT2D eigenvalue weighted by Crippen LogP contribution is -2.41. The van der Waals surface area contributed by atoms with Gasteiger partial charge in [-0.25, -0.2) is 13.8 Å². The molecule has 4 rings (SSSR count). The van der Waals surface area contributed by atoms with Gasteiger partial charge in [-0.1, -0.05) is 0 Å². The Balaban J connectivity index is 1.53. The van der Waals surface area contributed by atoms with Crippen LogP contribution in [0.5, 0.6) is 0 Å². The fourth-order valence-corrected chi connectivity index (χ4v) is 3.66. The quantitative estimate of drug-likeness (QED) is 0.925. The number of hydrogen-bond acceptors (Lipinski definition) is 4. The number of halogens is 2. The number of pyridine rings is 1. The fraction of sp³-hybridized carbons (Fsp3) is 0.471. The summed E-state index contributed by atoms with van der Waals surface area (Å²) < 4.78 is 26.9. The van der Waals surface area contributed by atoms with Crippen LogP contribution in [0.3, 0.4) is 0 Å². The third-order valence-corrected chi connectivity index (χ3v) is 4.97. The van der Waals surface area contributed by atoms with Crippen LogP contribution in [-0.2, 0) is 4.79 Å². The summed E-state index contributed by atoms with van der Waals surface area (Å²) in [6, 6.07) is 3.24. The molecule has 0 aliphatic carbocycles. The number of aromatic nitrogens is 3. The first-order valence-electron chi connectivity index (χ1n) is 8.35. The molecule has 4 heterocycles. The number of hydrogen-bond donors (Lipinski definition) is 1. The lowest BCUT2D eigenvalue weighted by Gasteiger charge is -2.23. The van der Waals surface area contributed by atoms with E-state index < -0.39 is 12.0 Å². The number of anilines is 1. The molecule has 2 aliphatic heterocycles. The van der Waals surface area contributed by atoms with E-state index >= 15 is 0 Å². The minimum absolute atomic E-state index is 0.138. The summed E-state index contributed by atoms with van der Waals surface area (Å²) in [7, 11) is 0. The van der Waals surface area contributed by atoms with Gasteiger partial charge in [0.25, 0.3) is 5.92 Å². The molecule has 0 saturated carbocycles. The van der Waals surface area contributed by atoms with E-state index in [0.29, 0.717) is 18.8 Å². The highest BCUT2D eigenvalue weighted by Crippen LogP contribution is 2.33. The van der Waals surface area contributed by atoms with Crippen molar-refractivity contribution in [2.75, 3.05) is 24.5 Å². The number of nitrogens with one attached hydrogen (secondary N) is 1. The van der Waals surface area contributed by atoms with Crippen LogP contribution in [0.4, 0.5) is 14.6 Å². The Labute approximate surface area is 143 Å². The van der Waals surface area contributed by atoms with Gasteiger partial charge in [0.15, 0.2) is 0 Å². The van der Waals surface area contributed by atoms with E-state index in [1.54, 1.807) is 28.3 Å². The van der Waals surface area contributed by atoms with Gasteiger partial charge in [0.2, 0.25) is 5.91 Å². The van der Waals surface area contributed by atoms with Crippen molar-refractivity contribution < 1.29 is 13.6 Å². The number of likely N-dealkylation sites (tertiary alicyclic amines) is 1. The predicted octanol–water partition coefficient (Wildman–Crippen LogP) is 2.23. The summed E-state index contributed by atoms with van der Waals surface area (Å²) in [4.78, 5) is 20.5. The normalized spacial score (nSPS) is 23.6. The molecule has 2 aromatic heterocycles. The number of aryl methyl sites for hydroxylation is 1. The highest BCUT2D eigenvalue weighted by atomic mass is 19.3. The Morgan fingerprint density at radius 2 is 2.16 bits per heavy atom. The number of H-pyrrole nitrogens is 1. The number of carbonyl (C=O) groups excluding carboxylic acids is 1. The molecule has 6 nitrogen and oxygen atoms in total. The Morgan fingerprint density at radius 3 is 2.80 bits per heavy atom. The topological polar surface area (TPSA) is 65.1 Å². The highest BCUT2D eigenvalue weighted by Gasteiger charge is 2.46. The van der Waals surface area contributed by atoms with Crippen molar-refractivity contribution >= 4 is 11.7 Å². The molecule has 0 aromatic carbocycles. The maximum atomic E-state index is 13.4. The van der Waals surface area contributed by atoms with E-state index in [0.717, 1.165) is 16.8 Å². The van der Waals surface area contributed by atoms with Crippen LogP contribution in [0.1, 0.15) is 18.5 Å². The molecule has 1 atom stereocenters. The van der Waals surface area contributed by atoms with Crippen LogP contribution in [0.15, 0.2) is 24.5 Å². The number of rotatable bonds is 3. The Hall–Kier alpha value is -2.35. The van der Waals surface area contributed by atoms with Crippen LogP contribution in [-0.4, -0.2) is 57.6 Å². The van der Waals surface area contributed by atoms with Crippen LogP contribution in [0.25, 0.3) is 11.1 Å². The number of aromatic amines is 1. The highest BCUT2D eigenvalue weighted by molar-refractivity contribution is 5.98. The zero-order valence-corrected chi connectivity index (χ0v) is 13.9. The maximum absolute atomic E-state index is 13.4. The summed E-state index contributed by atoms with van der Waals surface area (Å²) in [6.07, 6.45) is 3.88. The molecule has 2 aromatic rings. The second-order valence-corrected chi connectivity index (χ2v) is 6.66. The Morgan fingerprint density at radius 1 is 1.32 bits per heavy atom. The molecule has 0 radical (unpaired) electrons. The van der Waals surface area contributed by atoms with Crippen molar-refractivity contribution in [1.29, 1.82) is 0 Å². The van der Waals surface area contributed by atoms with Crippen LogP contribution < -0.4 is 4.90 Å². The van der Waals surface area contributed by atoms with E-state index in [2.05, 4.69) is 15.2 Å². The second-order valence-electron chi connectivity index (χ2n) is 6.66. The first-order chi connectivity index (χ1) is 11.9. The Bertz CT molecular complexity index is 792. The fourth-order valence-electron chi connectivity index (χ4n) is 3.66. The van der Waals surface area contributed by atoms with Crippen molar-refractivity contribution in [2.24, 2.45) is 0 Å². The molecule has 0 spiro atoms. The summed E-state index contributed by atoms with van der Waals surface area (Å²) in [5, 5.41) is 6.70. The van der Waals surface area contributed by atoms with E-state index in [1.807, 2.05) is 13.0 Å². The van der Waals surface area contributed by atoms with Gasteiger partial charge in [0, 0.05) is 42.5 Å². The molecule has 1 N–H and O–H groups in total. The number of nitrogens with zero attached hydrogens (tertiary/aromatic N) is 4. The summed E-state index contributed by atoms with van der Waals surface area (Å²) in [5.74, 6) is -2.25. The van der Waals surface area contributed by atoms with Crippen LogP contribution in [0, 0.1) is 6.92 Å². The van der Waals surface area contributed by atoms with Crippen molar-refractivity contribution in [3.05, 3.63) is 30.2 Å². The molecule has 1 amide bonds. The molecular weight excluding hydrogens is 328 g/mol. The van der Waals surface area contributed by atoms with Gasteiger partial charge in [-0.05, 0) is 25.5 Å². The molecule has 2 saturated heterocycles. The minimum atomic E-state index is -2.69. The van der Waals surface area contributed by atoms with Gasteiger partial charge in [0.1, 0.15) is 5.82 Å². The largest absolute Gasteiger partial charge is 0.295 e. The smallest absolute Gasteiger partial charge is 0.261 e. The summed E-state index contributed by atoms with van der Waals surface area (Å²) >= 11 is 0. The average molecular weight is 347 g/mol. The molecule has 2 fully saturated rings. The first-order valence-corrected chi connectivity index (χ1v) is 8.35. The average Bonchev–Trinajstić information content (AvgIpc) is 3.27. The van der Waals surface area contributed by atoms with Gasteiger partial charge in [0.05, 0.1) is 18.8 Å². The molecule has 2 aliphatic rings. The van der Waals surface area contributed by atoms with Gasteiger partial charge >= 0.3 is 0 Å². The maximum Gasteiger partial charge on any atom is 0.261 e. The van der Waals surface area contributed by atoms with E-state index in [1.165, 1.54) is 0 Å². The van der Waals surface area contributed by atoms with Crippen LogP contribution in [0.2, 0.25) is 0 Å². The van der Waals surface area contributed by atoms with E-state index in [4.69, 9.17) is 0 Å². The number of amides is 1. The lowest BCUT2D eigenvalue weighted by atomic mass is 10.1. The lowest BCUT2D eigenvalue weighted by molar-refractivity contribution is -0.121. The second kappa shape index (κ2) is 5.87. The predicted molar refractivity (Wildman–Crippen MR) is 88.5 cm³/mol. The summed E-state index contributed by atoms with van der Waals surface area (Å²) in [6.45, 7) is 2.32. The van der Waals surface area contributed by atoms with E-state index in [9.17, 15) is 13.6 Å². The standard InChI is InChI=1S/C17H19F2N5O/c1-11-13(12-8-20-21-9-12)2-3-15(22-11)24-6-4-14(16(24)25)23-7-5-17(18,19)10-23/h2-3,8-9,14H,4-7,10H2,1H3,(H,20,21). The minimum Gasteiger partial charge on any atom is -0.295 e. The van der Waals surface area contributed by atoms with Crippen molar-refractivity contribution in [3.63, 3.8) is 0 Å². The van der Waals surface area contributed by atoms with Crippen molar-refractivity contribution in [2.45, 2.75) is 31.7 Å². The molecule has 132 valence electrons. The Kier molecular flexibility index (Phi) is 3.79. The third-order valence-electron chi connectivity index (χ3n) is 4.97. The number of carbonyl (C=O) groups is 1. The van der Waals surface area contributed by atoms with Gasteiger partial charge < -0.3 is 0 Å². The zero-order chi connectivity index (χ0) is 17.6.